The summed E-state index contributed by atoms with van der Waals surface area (Å²) in [5, 5.41) is 3.53. The maximum Gasteiger partial charge on any atom is 0.230 e. The molecular weight excluding hydrogens is 364 g/mol. The van der Waals surface area contributed by atoms with Gasteiger partial charge in [-0.1, -0.05) is 36.6 Å². The second-order valence-corrected chi connectivity index (χ2v) is 8.75. The van der Waals surface area contributed by atoms with E-state index in [9.17, 15) is 4.79 Å². The quantitative estimate of drug-likeness (QED) is 0.624. The Morgan fingerprint density at radius 2 is 2.03 bits per heavy atom. The number of carbonyl (C=O) groups is 1. The number of hydrogen-bond donors (Lipinski definition) is 1. The van der Waals surface area contributed by atoms with Gasteiger partial charge in [-0.15, -0.1) is 0 Å². The summed E-state index contributed by atoms with van der Waals surface area (Å²) in [6.07, 6.45) is 4.16. The molecule has 160 valence electrons. The van der Waals surface area contributed by atoms with Gasteiger partial charge in [-0.2, -0.15) is 0 Å². The fourth-order valence-electron chi connectivity index (χ4n) is 4.79. The van der Waals surface area contributed by atoms with Crippen molar-refractivity contribution in [1.29, 1.82) is 0 Å². The number of rotatable bonds is 4. The highest BCUT2D eigenvalue weighted by atomic mass is 16.5. The Bertz CT molecular complexity index is 753. The molecule has 1 aromatic carbocycles. The van der Waals surface area contributed by atoms with Crippen molar-refractivity contribution < 1.29 is 9.53 Å². The van der Waals surface area contributed by atoms with Crippen LogP contribution in [0.2, 0.25) is 0 Å². The van der Waals surface area contributed by atoms with Crippen LogP contribution < -0.4 is 5.32 Å². The van der Waals surface area contributed by atoms with E-state index in [1.165, 1.54) is 16.7 Å². The van der Waals surface area contributed by atoms with Crippen LogP contribution in [0.5, 0.6) is 0 Å². The van der Waals surface area contributed by atoms with Gasteiger partial charge in [0.05, 0.1) is 18.6 Å². The molecule has 0 spiro atoms. The molecule has 3 rings (SSSR count). The summed E-state index contributed by atoms with van der Waals surface area (Å²) in [4.78, 5) is 21.4. The molecule has 1 aliphatic carbocycles. The molecule has 1 N–H and O–H groups in total. The van der Waals surface area contributed by atoms with Crippen molar-refractivity contribution in [3.8, 4) is 0 Å². The Balaban J connectivity index is 1.69. The Hall–Kier alpha value is -2.08. The van der Waals surface area contributed by atoms with Crippen LogP contribution in [0, 0.1) is 19.3 Å². The fourth-order valence-corrected chi connectivity index (χ4v) is 4.79. The molecule has 1 atom stereocenters. The maximum atomic E-state index is 12.9. The van der Waals surface area contributed by atoms with E-state index in [0.29, 0.717) is 13.2 Å². The lowest BCUT2D eigenvalue weighted by molar-refractivity contribution is -0.138. The van der Waals surface area contributed by atoms with Gasteiger partial charge in [0.25, 0.3) is 0 Å². The highest BCUT2D eigenvalue weighted by Crippen LogP contribution is 2.39. The highest BCUT2D eigenvalue weighted by Gasteiger charge is 2.42. The van der Waals surface area contributed by atoms with Crippen LogP contribution in [0.25, 0.3) is 0 Å². The van der Waals surface area contributed by atoms with Crippen LogP contribution >= 0.6 is 0 Å². The predicted octanol–water partition coefficient (Wildman–Crippen LogP) is 2.90. The normalized spacial score (nSPS) is 21.9. The third kappa shape index (κ3) is 4.74. The number of aliphatic imine (C=N–C) groups is 1. The number of nitrogens with zero attached hydrogens (tertiary/aromatic N) is 3. The number of guanidine groups is 1. The molecular formula is C23H36N4O2. The zero-order valence-corrected chi connectivity index (χ0v) is 18.6. The summed E-state index contributed by atoms with van der Waals surface area (Å²) in [6.45, 7) is 7.13. The number of aryl methyl sites for hydroxylation is 2. The van der Waals surface area contributed by atoms with Gasteiger partial charge < -0.3 is 19.9 Å². The van der Waals surface area contributed by atoms with E-state index in [1.807, 2.05) is 21.1 Å². The predicted molar refractivity (Wildman–Crippen MR) is 117 cm³/mol. The largest absolute Gasteiger partial charge is 0.370 e. The van der Waals surface area contributed by atoms with Crippen LogP contribution in [-0.4, -0.2) is 69.1 Å². The van der Waals surface area contributed by atoms with Crippen molar-refractivity contribution in [3.05, 3.63) is 34.9 Å². The molecule has 0 radical (unpaired) electrons. The molecule has 29 heavy (non-hydrogen) atoms. The Morgan fingerprint density at radius 1 is 1.31 bits per heavy atom. The summed E-state index contributed by atoms with van der Waals surface area (Å²) >= 11 is 0. The van der Waals surface area contributed by atoms with Gasteiger partial charge in [0, 0.05) is 34.2 Å². The molecule has 1 aromatic rings. The summed E-state index contributed by atoms with van der Waals surface area (Å²) < 4.78 is 6.09. The van der Waals surface area contributed by atoms with Crippen molar-refractivity contribution in [2.45, 2.75) is 45.6 Å². The number of carbonyl (C=O) groups excluding carboxylic acids is 1. The molecule has 0 bridgehead atoms. The minimum absolute atomic E-state index is 0.0340. The third-order valence-electron chi connectivity index (χ3n) is 6.36. The minimum atomic E-state index is -0.307. The zero-order chi connectivity index (χ0) is 21.0. The lowest BCUT2D eigenvalue weighted by Crippen LogP contribution is -2.52. The average Bonchev–Trinajstić information content (AvgIpc) is 3.18. The van der Waals surface area contributed by atoms with Gasteiger partial charge in [-0.25, -0.2) is 0 Å². The summed E-state index contributed by atoms with van der Waals surface area (Å²) in [5.74, 6) is 1.09. The number of nitrogens with one attached hydrogen (secondary N) is 1. The van der Waals surface area contributed by atoms with Crippen molar-refractivity contribution in [2.75, 3.05) is 47.4 Å². The molecule has 2 aliphatic rings. The highest BCUT2D eigenvalue weighted by molar-refractivity contribution is 5.85. The third-order valence-corrected chi connectivity index (χ3v) is 6.36. The van der Waals surface area contributed by atoms with Crippen LogP contribution in [0.3, 0.4) is 0 Å². The molecule has 2 fully saturated rings. The Morgan fingerprint density at radius 3 is 2.66 bits per heavy atom. The molecule has 1 amide bonds. The van der Waals surface area contributed by atoms with E-state index in [0.717, 1.165) is 44.7 Å². The van der Waals surface area contributed by atoms with Crippen molar-refractivity contribution in [3.63, 3.8) is 0 Å². The molecule has 6 heteroatoms. The van der Waals surface area contributed by atoms with E-state index >= 15 is 0 Å². The number of amides is 1. The van der Waals surface area contributed by atoms with Crippen LogP contribution in [0.1, 0.15) is 48.5 Å². The first-order valence-corrected chi connectivity index (χ1v) is 10.7. The first kappa shape index (κ1) is 21.6. The zero-order valence-electron chi connectivity index (χ0n) is 18.6. The lowest BCUT2D eigenvalue weighted by atomic mass is 9.84. The number of ether oxygens (including phenoxy) is 1. The Kier molecular flexibility index (Phi) is 6.83. The van der Waals surface area contributed by atoms with Gasteiger partial charge in [0.15, 0.2) is 5.96 Å². The molecule has 1 aliphatic heterocycles. The van der Waals surface area contributed by atoms with Gasteiger partial charge in [0.1, 0.15) is 6.10 Å². The Labute approximate surface area is 175 Å². The molecule has 0 aromatic heterocycles. The topological polar surface area (TPSA) is 57.2 Å². The van der Waals surface area contributed by atoms with Gasteiger partial charge >= 0.3 is 0 Å². The standard InChI is InChI=1S/C23H36N4O2/c1-17-8-9-19(18(2)14-17)20-15-27(12-13-29-20)22(24-3)25-16-23(10-6-7-11-23)21(28)26(4)5/h8-9,14,20H,6-7,10-13,15-16H2,1-5H3,(H,24,25). The SMILES string of the molecule is CN=C(NCC1(C(=O)N(C)C)CCCC1)N1CCOC(c2ccc(C)cc2C)C1. The first-order valence-electron chi connectivity index (χ1n) is 10.7. The van der Waals surface area contributed by atoms with Crippen molar-refractivity contribution in [2.24, 2.45) is 10.4 Å². The van der Waals surface area contributed by atoms with E-state index in [1.54, 1.807) is 4.90 Å². The molecule has 1 heterocycles. The number of benzene rings is 1. The van der Waals surface area contributed by atoms with E-state index < -0.39 is 0 Å². The second kappa shape index (κ2) is 9.16. The molecule has 1 saturated carbocycles. The van der Waals surface area contributed by atoms with Crippen molar-refractivity contribution in [1.82, 2.24) is 15.1 Å². The molecule has 1 saturated heterocycles. The maximum absolute atomic E-state index is 12.9. The summed E-state index contributed by atoms with van der Waals surface area (Å²) in [5.41, 5.74) is 3.47. The molecule has 1 unspecified atom stereocenters. The average molecular weight is 401 g/mol. The summed E-state index contributed by atoms with van der Waals surface area (Å²) in [6, 6.07) is 6.54. The van der Waals surface area contributed by atoms with Crippen LogP contribution in [-0.2, 0) is 9.53 Å². The van der Waals surface area contributed by atoms with Gasteiger partial charge in [0.2, 0.25) is 5.91 Å². The minimum Gasteiger partial charge on any atom is -0.370 e. The number of morpholine rings is 1. The summed E-state index contributed by atoms with van der Waals surface area (Å²) in [7, 11) is 5.53. The van der Waals surface area contributed by atoms with Gasteiger partial charge in [-0.05, 0) is 37.8 Å². The van der Waals surface area contributed by atoms with Crippen LogP contribution in [0.15, 0.2) is 23.2 Å². The second-order valence-electron chi connectivity index (χ2n) is 8.75. The van der Waals surface area contributed by atoms with Crippen molar-refractivity contribution >= 4 is 11.9 Å². The van der Waals surface area contributed by atoms with Gasteiger partial charge in [-0.3, -0.25) is 9.79 Å². The fraction of sp³-hybridized carbons (Fsp3) is 0.652. The monoisotopic (exact) mass is 400 g/mol. The number of hydrogen-bond acceptors (Lipinski definition) is 3. The smallest absolute Gasteiger partial charge is 0.230 e. The van der Waals surface area contributed by atoms with E-state index in [2.05, 4.69) is 47.3 Å². The van der Waals surface area contributed by atoms with E-state index in [4.69, 9.17) is 4.74 Å². The van der Waals surface area contributed by atoms with E-state index in [-0.39, 0.29) is 17.4 Å². The first-order chi connectivity index (χ1) is 13.9. The van der Waals surface area contributed by atoms with Crippen LogP contribution in [0.4, 0.5) is 0 Å². The molecule has 6 nitrogen and oxygen atoms in total. The lowest BCUT2D eigenvalue weighted by Gasteiger charge is -2.37.